The second-order valence-corrected chi connectivity index (χ2v) is 8.74. The van der Waals surface area contributed by atoms with E-state index in [-0.39, 0.29) is 6.03 Å². The maximum absolute atomic E-state index is 12.3. The number of thiazole rings is 1. The van der Waals surface area contributed by atoms with Crippen molar-refractivity contribution in [1.29, 1.82) is 0 Å². The predicted octanol–water partition coefficient (Wildman–Crippen LogP) is 4.45. The van der Waals surface area contributed by atoms with Crippen molar-refractivity contribution in [1.82, 2.24) is 23.7 Å². The second-order valence-electron chi connectivity index (χ2n) is 6.18. The van der Waals surface area contributed by atoms with E-state index in [0.29, 0.717) is 22.9 Å². The Kier molecular flexibility index (Phi) is 5.17. The van der Waals surface area contributed by atoms with Gasteiger partial charge in [-0.25, -0.2) is 19.7 Å². The highest BCUT2D eigenvalue weighted by Crippen LogP contribution is 2.25. The molecule has 0 atom stereocenters. The quantitative estimate of drug-likeness (QED) is 0.347. The Labute approximate surface area is 182 Å². The first-order chi connectivity index (χ1) is 14.8. The average Bonchev–Trinajstić information content (AvgIpc) is 3.49. The van der Waals surface area contributed by atoms with E-state index in [2.05, 4.69) is 39.6 Å². The summed E-state index contributed by atoms with van der Waals surface area (Å²) in [6.07, 6.45) is 4.10. The Hall–Kier alpha value is -3.22. The molecule has 0 aliphatic rings. The lowest BCUT2D eigenvalue weighted by atomic mass is 10.2. The van der Waals surface area contributed by atoms with Crippen LogP contribution >= 0.6 is 34.4 Å². The van der Waals surface area contributed by atoms with E-state index in [1.54, 1.807) is 29.9 Å². The molecule has 0 spiro atoms. The lowest BCUT2D eigenvalue weighted by Crippen LogP contribution is -2.19. The maximum atomic E-state index is 12.3. The molecule has 2 amide bonds. The number of amides is 2. The number of anilines is 3. The molecule has 9 nitrogen and oxygen atoms in total. The first kappa shape index (κ1) is 18.8. The second kappa shape index (κ2) is 8.26. The number of thiophene rings is 1. The molecule has 0 bridgehead atoms. The molecular formula is C18H14N8OS3. The molecule has 4 heterocycles. The fraction of sp³-hybridized carbons (Fsp3) is 0.111. The minimum atomic E-state index is -0.365. The van der Waals surface area contributed by atoms with Gasteiger partial charge in [-0.1, -0.05) is 6.07 Å². The van der Waals surface area contributed by atoms with Crippen LogP contribution in [0.25, 0.3) is 21.3 Å². The number of hydrogen-bond donors (Lipinski definition) is 3. The lowest BCUT2D eigenvalue weighted by Gasteiger charge is -2.05. The summed E-state index contributed by atoms with van der Waals surface area (Å²) in [6, 6.07) is 7.09. The molecule has 1 aromatic carbocycles. The summed E-state index contributed by atoms with van der Waals surface area (Å²) < 4.78 is 9.44. The fourth-order valence-corrected chi connectivity index (χ4v) is 5.03. The van der Waals surface area contributed by atoms with Gasteiger partial charge in [0, 0.05) is 24.0 Å². The number of hydrogen-bond acceptors (Lipinski definition) is 10. The molecule has 0 aliphatic carbocycles. The van der Waals surface area contributed by atoms with Crippen LogP contribution in [0, 0.1) is 0 Å². The number of nitrogens with zero attached hydrogens (tertiary/aromatic N) is 5. The number of nitrogens with one attached hydrogen (secondary N) is 3. The number of benzene rings is 1. The zero-order chi connectivity index (χ0) is 20.3. The van der Waals surface area contributed by atoms with Gasteiger partial charge in [-0.15, -0.1) is 22.7 Å². The zero-order valence-corrected chi connectivity index (χ0v) is 17.8. The molecule has 3 N–H and O–H groups in total. The van der Waals surface area contributed by atoms with Crippen LogP contribution in [-0.4, -0.2) is 36.3 Å². The molecule has 4 aromatic heterocycles. The molecule has 0 aliphatic heterocycles. The van der Waals surface area contributed by atoms with Crippen LogP contribution in [0.4, 0.5) is 21.4 Å². The van der Waals surface area contributed by atoms with Crippen LogP contribution in [0.15, 0.2) is 42.2 Å². The summed E-state index contributed by atoms with van der Waals surface area (Å²) in [5.74, 6) is 0.836. The Morgan fingerprint density at radius 3 is 2.97 bits per heavy atom. The molecule has 0 unspecified atom stereocenters. The van der Waals surface area contributed by atoms with Gasteiger partial charge >= 0.3 is 6.03 Å². The molecule has 5 rings (SSSR count). The van der Waals surface area contributed by atoms with Crippen molar-refractivity contribution in [3.05, 3.63) is 47.0 Å². The van der Waals surface area contributed by atoms with Crippen molar-refractivity contribution in [3.8, 4) is 0 Å². The molecule has 0 saturated heterocycles. The number of urea groups is 1. The van der Waals surface area contributed by atoms with Crippen LogP contribution in [-0.2, 0) is 6.42 Å². The third-order valence-electron chi connectivity index (χ3n) is 4.22. The summed E-state index contributed by atoms with van der Waals surface area (Å²) in [5, 5.41) is 11.5. The Bertz CT molecular complexity index is 1330. The minimum absolute atomic E-state index is 0.365. The van der Waals surface area contributed by atoms with Gasteiger partial charge in [0.15, 0.2) is 5.13 Å². The van der Waals surface area contributed by atoms with Crippen LogP contribution in [0.5, 0.6) is 0 Å². The number of fused-ring (bicyclic) bond motifs is 2. The normalized spacial score (nSPS) is 11.1. The zero-order valence-electron chi connectivity index (χ0n) is 15.3. The predicted molar refractivity (Wildman–Crippen MR) is 122 cm³/mol. The highest BCUT2D eigenvalue weighted by molar-refractivity contribution is 7.17. The number of aromatic nitrogens is 5. The van der Waals surface area contributed by atoms with Crippen LogP contribution in [0.1, 0.15) is 4.88 Å². The minimum Gasteiger partial charge on any atom is -0.368 e. The Morgan fingerprint density at radius 1 is 1.03 bits per heavy atom. The number of carbonyl (C=O) groups is 1. The highest BCUT2D eigenvalue weighted by atomic mass is 32.1. The smallest absolute Gasteiger partial charge is 0.325 e. The molecular weight excluding hydrogens is 440 g/mol. The average molecular weight is 455 g/mol. The van der Waals surface area contributed by atoms with Crippen LogP contribution in [0.2, 0.25) is 0 Å². The van der Waals surface area contributed by atoms with Crippen LogP contribution in [0.3, 0.4) is 0 Å². The molecule has 30 heavy (non-hydrogen) atoms. The number of carbonyl (C=O) groups excluding carboxylic acids is 1. The van der Waals surface area contributed by atoms with Gasteiger partial charge in [0.25, 0.3) is 0 Å². The largest absolute Gasteiger partial charge is 0.368 e. The van der Waals surface area contributed by atoms with E-state index in [4.69, 9.17) is 0 Å². The summed E-state index contributed by atoms with van der Waals surface area (Å²) in [7, 11) is 0. The van der Waals surface area contributed by atoms with E-state index in [1.807, 2.05) is 23.6 Å². The molecule has 0 saturated carbocycles. The van der Waals surface area contributed by atoms with Gasteiger partial charge in [0.2, 0.25) is 0 Å². The van der Waals surface area contributed by atoms with Crippen molar-refractivity contribution in [3.63, 3.8) is 0 Å². The van der Waals surface area contributed by atoms with Crippen molar-refractivity contribution >= 4 is 78.3 Å². The number of rotatable bonds is 6. The van der Waals surface area contributed by atoms with Crippen molar-refractivity contribution in [2.24, 2.45) is 0 Å². The molecule has 0 fully saturated rings. The summed E-state index contributed by atoms with van der Waals surface area (Å²) in [6.45, 7) is 0.705. The third kappa shape index (κ3) is 3.92. The van der Waals surface area contributed by atoms with Crippen molar-refractivity contribution in [2.75, 3.05) is 22.5 Å². The monoisotopic (exact) mass is 454 g/mol. The van der Waals surface area contributed by atoms with Gasteiger partial charge in [-0.05, 0) is 23.6 Å². The first-order valence-corrected chi connectivity index (χ1v) is 11.3. The topological polar surface area (TPSA) is 118 Å². The molecule has 5 aromatic rings. The van der Waals surface area contributed by atoms with Gasteiger partial charge in [0.05, 0.1) is 27.6 Å². The van der Waals surface area contributed by atoms with E-state index in [9.17, 15) is 4.79 Å². The van der Waals surface area contributed by atoms with E-state index >= 15 is 0 Å². The van der Waals surface area contributed by atoms with Gasteiger partial charge < -0.3 is 10.6 Å². The Morgan fingerprint density at radius 2 is 2.00 bits per heavy atom. The summed E-state index contributed by atoms with van der Waals surface area (Å²) in [5.41, 5.74) is 2.99. The van der Waals surface area contributed by atoms with Gasteiger partial charge in [-0.2, -0.15) is 8.75 Å². The Balaban J connectivity index is 1.17. The third-order valence-corrected chi connectivity index (χ3v) is 6.64. The fourth-order valence-electron chi connectivity index (χ4n) is 2.86. The lowest BCUT2D eigenvalue weighted by molar-refractivity contribution is 0.262. The van der Waals surface area contributed by atoms with E-state index in [1.165, 1.54) is 11.3 Å². The maximum Gasteiger partial charge on any atom is 0.325 e. The van der Waals surface area contributed by atoms with Gasteiger partial charge in [0.1, 0.15) is 23.2 Å². The molecule has 0 radical (unpaired) electrons. The molecule has 150 valence electrons. The molecule has 12 heteroatoms. The summed E-state index contributed by atoms with van der Waals surface area (Å²) in [4.78, 5) is 26.2. The standard InChI is InChI=1S/C18H14N8OS3/c27-17(23-11-2-1-3-12-14(11)26-30-25-12)24-18-20-8-10(29-18)4-6-19-16-15-13(5-7-28-15)21-9-22-16/h1-3,5,7-9H,4,6H2,(H,19,21,22)(H2,20,23,24,27). The highest BCUT2D eigenvalue weighted by Gasteiger charge is 2.11. The van der Waals surface area contributed by atoms with E-state index in [0.717, 1.165) is 44.6 Å². The van der Waals surface area contributed by atoms with Crippen molar-refractivity contribution < 1.29 is 4.79 Å². The van der Waals surface area contributed by atoms with E-state index < -0.39 is 0 Å². The summed E-state index contributed by atoms with van der Waals surface area (Å²) >= 11 is 4.17. The van der Waals surface area contributed by atoms with Gasteiger partial charge in [-0.3, -0.25) is 5.32 Å². The SMILES string of the molecule is O=C(Nc1ncc(CCNc2ncnc3ccsc23)s1)Nc1cccc2nsnc12. The van der Waals surface area contributed by atoms with Crippen molar-refractivity contribution in [2.45, 2.75) is 6.42 Å². The first-order valence-electron chi connectivity index (χ1n) is 8.92. The van der Waals surface area contributed by atoms with Crippen LogP contribution < -0.4 is 16.0 Å².